The standard InChI is InChI=1S/C30H42O/c1-23(2)13-11-16-24(3)14-9-10-15-25(4)17-12-18-26(5)19-21-28-27(6)20-22-29(31)30(28,7)8/h9-19,21,29,31H,20,22H2,1-8H3/b10-9+,16-11+,17-12+,21-19+,24-14+,25-15+,26-18+. The predicted molar refractivity (Wildman–Crippen MR) is 139 cm³/mol. The van der Waals surface area contributed by atoms with Crippen molar-refractivity contribution in [1.82, 2.24) is 0 Å². The van der Waals surface area contributed by atoms with Gasteiger partial charge in [-0.05, 0) is 60.0 Å². The molecule has 1 unspecified atom stereocenters. The highest BCUT2D eigenvalue weighted by molar-refractivity contribution is 5.38. The second-order valence-electron chi connectivity index (χ2n) is 9.38. The van der Waals surface area contributed by atoms with Crippen molar-refractivity contribution in [1.29, 1.82) is 0 Å². The second-order valence-corrected chi connectivity index (χ2v) is 9.38. The Hall–Kier alpha value is -2.38. The zero-order chi connectivity index (χ0) is 23.4. The molecule has 1 nitrogen and oxygen atoms in total. The molecule has 0 aromatic rings. The van der Waals surface area contributed by atoms with Crippen LogP contribution in [-0.4, -0.2) is 11.2 Å². The first-order chi connectivity index (χ1) is 14.5. The average molecular weight is 419 g/mol. The van der Waals surface area contributed by atoms with Crippen LogP contribution in [0.15, 0.2) is 106 Å². The average Bonchev–Trinajstić information content (AvgIpc) is 2.68. The summed E-state index contributed by atoms with van der Waals surface area (Å²) in [7, 11) is 0. The van der Waals surface area contributed by atoms with E-state index in [0.717, 1.165) is 12.8 Å². The molecule has 0 saturated heterocycles. The summed E-state index contributed by atoms with van der Waals surface area (Å²) in [5, 5.41) is 10.4. The molecular weight excluding hydrogens is 376 g/mol. The van der Waals surface area contributed by atoms with Crippen molar-refractivity contribution >= 4 is 0 Å². The summed E-state index contributed by atoms with van der Waals surface area (Å²) in [6.07, 6.45) is 26.9. The Balaban J connectivity index is 2.70. The summed E-state index contributed by atoms with van der Waals surface area (Å²) in [5.74, 6) is 0. The minimum atomic E-state index is -0.270. The molecule has 31 heavy (non-hydrogen) atoms. The summed E-state index contributed by atoms with van der Waals surface area (Å²) < 4.78 is 0. The van der Waals surface area contributed by atoms with E-state index in [1.54, 1.807) is 0 Å². The lowest BCUT2D eigenvalue weighted by Crippen LogP contribution is -2.34. The smallest absolute Gasteiger partial charge is 0.0634 e. The van der Waals surface area contributed by atoms with E-state index >= 15 is 0 Å². The van der Waals surface area contributed by atoms with Gasteiger partial charge in [-0.2, -0.15) is 0 Å². The summed E-state index contributed by atoms with van der Waals surface area (Å²) in [5.41, 5.74) is 7.38. The molecule has 0 aliphatic heterocycles. The second kappa shape index (κ2) is 13.1. The first-order valence-electron chi connectivity index (χ1n) is 11.3. The lowest BCUT2D eigenvalue weighted by atomic mass is 9.70. The van der Waals surface area contributed by atoms with Crippen molar-refractivity contribution < 1.29 is 5.11 Å². The van der Waals surface area contributed by atoms with E-state index in [4.69, 9.17) is 0 Å². The Morgan fingerprint density at radius 3 is 1.81 bits per heavy atom. The van der Waals surface area contributed by atoms with E-state index < -0.39 is 0 Å². The Bertz CT molecular complexity index is 869. The van der Waals surface area contributed by atoms with Gasteiger partial charge in [0.1, 0.15) is 0 Å². The third kappa shape index (κ3) is 9.98. The number of hydrogen-bond acceptors (Lipinski definition) is 1. The number of rotatable bonds is 8. The molecule has 0 heterocycles. The molecule has 0 aromatic heterocycles. The number of aliphatic hydroxyl groups excluding tert-OH is 1. The monoisotopic (exact) mass is 418 g/mol. The fraction of sp³-hybridized carbons (Fsp3) is 0.400. The van der Waals surface area contributed by atoms with Crippen molar-refractivity contribution in [3.63, 3.8) is 0 Å². The molecule has 168 valence electrons. The summed E-state index contributed by atoms with van der Waals surface area (Å²) in [4.78, 5) is 0. The maximum absolute atomic E-state index is 10.4. The van der Waals surface area contributed by atoms with Crippen LogP contribution in [0.5, 0.6) is 0 Å². The van der Waals surface area contributed by atoms with Crippen molar-refractivity contribution in [3.05, 3.63) is 106 Å². The van der Waals surface area contributed by atoms with Gasteiger partial charge >= 0.3 is 0 Å². The van der Waals surface area contributed by atoms with Gasteiger partial charge in [0.05, 0.1) is 6.10 Å². The molecular formula is C30H42O. The summed E-state index contributed by atoms with van der Waals surface area (Å²) in [6, 6.07) is 0. The van der Waals surface area contributed by atoms with Crippen LogP contribution in [0.3, 0.4) is 0 Å². The fourth-order valence-corrected chi connectivity index (χ4v) is 3.48. The molecule has 0 spiro atoms. The van der Waals surface area contributed by atoms with E-state index in [1.807, 2.05) is 0 Å². The van der Waals surface area contributed by atoms with Crippen LogP contribution >= 0.6 is 0 Å². The molecule has 1 rings (SSSR count). The Kier molecular flexibility index (Phi) is 11.3. The quantitative estimate of drug-likeness (QED) is 0.392. The van der Waals surface area contributed by atoms with Gasteiger partial charge in [0.2, 0.25) is 0 Å². The molecule has 1 aliphatic rings. The van der Waals surface area contributed by atoms with Gasteiger partial charge in [0.25, 0.3) is 0 Å². The number of allylic oxidation sites excluding steroid dienone is 17. The first kappa shape index (κ1) is 26.7. The van der Waals surface area contributed by atoms with Crippen molar-refractivity contribution in [2.45, 2.75) is 74.3 Å². The highest BCUT2D eigenvalue weighted by Crippen LogP contribution is 2.41. The maximum Gasteiger partial charge on any atom is 0.0634 e. The van der Waals surface area contributed by atoms with Crippen LogP contribution in [0, 0.1) is 5.41 Å². The molecule has 0 amide bonds. The predicted octanol–water partition coefficient (Wildman–Crippen LogP) is 8.51. The van der Waals surface area contributed by atoms with Crippen LogP contribution in [0.2, 0.25) is 0 Å². The number of aliphatic hydroxyl groups is 1. The van der Waals surface area contributed by atoms with E-state index in [0.29, 0.717) is 0 Å². The van der Waals surface area contributed by atoms with Gasteiger partial charge in [-0.15, -0.1) is 0 Å². The Morgan fingerprint density at radius 1 is 0.774 bits per heavy atom. The zero-order valence-corrected chi connectivity index (χ0v) is 20.9. The maximum atomic E-state index is 10.4. The van der Waals surface area contributed by atoms with Crippen molar-refractivity contribution in [3.8, 4) is 0 Å². The molecule has 1 aliphatic carbocycles. The highest BCUT2D eigenvalue weighted by Gasteiger charge is 2.34. The van der Waals surface area contributed by atoms with Gasteiger partial charge < -0.3 is 5.11 Å². The van der Waals surface area contributed by atoms with E-state index in [9.17, 15) is 5.11 Å². The van der Waals surface area contributed by atoms with Gasteiger partial charge in [0.15, 0.2) is 0 Å². The molecule has 0 saturated carbocycles. The molecule has 0 radical (unpaired) electrons. The highest BCUT2D eigenvalue weighted by atomic mass is 16.3. The third-order valence-corrected chi connectivity index (χ3v) is 5.63. The molecule has 1 heteroatoms. The van der Waals surface area contributed by atoms with E-state index in [1.165, 1.54) is 33.4 Å². The van der Waals surface area contributed by atoms with Crippen LogP contribution in [0.4, 0.5) is 0 Å². The normalized spacial score (nSPS) is 21.3. The lowest BCUT2D eigenvalue weighted by molar-refractivity contribution is 0.0607. The van der Waals surface area contributed by atoms with Crippen LogP contribution in [0.25, 0.3) is 0 Å². The minimum absolute atomic E-state index is 0.186. The van der Waals surface area contributed by atoms with Crippen LogP contribution in [-0.2, 0) is 0 Å². The fourth-order valence-electron chi connectivity index (χ4n) is 3.48. The molecule has 0 fully saturated rings. The summed E-state index contributed by atoms with van der Waals surface area (Å²) >= 11 is 0. The summed E-state index contributed by atoms with van der Waals surface area (Å²) in [6.45, 7) is 17.0. The van der Waals surface area contributed by atoms with Gasteiger partial charge in [-0.1, -0.05) is 115 Å². The lowest BCUT2D eigenvalue weighted by Gasteiger charge is -2.37. The van der Waals surface area contributed by atoms with E-state index in [-0.39, 0.29) is 11.5 Å². The SMILES string of the molecule is CC(C)=C/C=C/C(C)=C/C=C/C=C(C)/C=C/C=C(C)/C=C/C1=C(C)CCC(O)C1(C)C. The van der Waals surface area contributed by atoms with Crippen molar-refractivity contribution in [2.75, 3.05) is 0 Å². The zero-order valence-electron chi connectivity index (χ0n) is 20.9. The molecule has 1 N–H and O–H groups in total. The minimum Gasteiger partial charge on any atom is -0.392 e. The molecule has 0 aromatic carbocycles. The number of hydrogen-bond donors (Lipinski definition) is 1. The molecule has 1 atom stereocenters. The molecule has 0 bridgehead atoms. The van der Waals surface area contributed by atoms with Gasteiger partial charge in [-0.25, -0.2) is 0 Å². The van der Waals surface area contributed by atoms with Crippen LogP contribution < -0.4 is 0 Å². The Labute approximate surface area is 191 Å². The Morgan fingerprint density at radius 2 is 1.26 bits per heavy atom. The van der Waals surface area contributed by atoms with E-state index in [2.05, 4.69) is 128 Å². The van der Waals surface area contributed by atoms with Gasteiger partial charge in [-0.3, -0.25) is 0 Å². The van der Waals surface area contributed by atoms with Crippen LogP contribution in [0.1, 0.15) is 68.2 Å². The first-order valence-corrected chi connectivity index (χ1v) is 11.3. The van der Waals surface area contributed by atoms with Crippen molar-refractivity contribution in [2.24, 2.45) is 5.41 Å². The topological polar surface area (TPSA) is 20.2 Å². The largest absolute Gasteiger partial charge is 0.392 e. The van der Waals surface area contributed by atoms with Gasteiger partial charge in [0, 0.05) is 5.41 Å². The third-order valence-electron chi connectivity index (χ3n) is 5.63.